The van der Waals surface area contributed by atoms with Gasteiger partial charge in [-0.05, 0) is 74.6 Å². The van der Waals surface area contributed by atoms with Crippen LogP contribution in [0.4, 0.5) is 0 Å². The number of methoxy groups -OCH3 is 1. The molecule has 0 spiro atoms. The van der Waals surface area contributed by atoms with E-state index >= 15 is 0 Å². The second-order valence-electron chi connectivity index (χ2n) is 14.9. The van der Waals surface area contributed by atoms with Gasteiger partial charge in [0.2, 0.25) is 0 Å². The summed E-state index contributed by atoms with van der Waals surface area (Å²) in [5, 5.41) is 18.4. The zero-order valence-electron chi connectivity index (χ0n) is 32.6. The van der Waals surface area contributed by atoms with Crippen molar-refractivity contribution in [3.8, 4) is 62.3 Å². The van der Waals surface area contributed by atoms with Crippen LogP contribution in [0.5, 0.6) is 17.2 Å². The van der Waals surface area contributed by atoms with Crippen LogP contribution in [-0.2, 0) is 0 Å². The lowest BCUT2D eigenvalue weighted by atomic mass is 9.88. The first-order valence-electron chi connectivity index (χ1n) is 20.4. The van der Waals surface area contributed by atoms with Crippen LogP contribution in [0.25, 0.3) is 77.3 Å². The van der Waals surface area contributed by atoms with Crippen LogP contribution in [0.3, 0.4) is 0 Å². The minimum atomic E-state index is 0.133. The maximum Gasteiger partial charge on any atom is 0.161 e. The SMILES string of the molecule is CCCCCCCCCCCCOc1ccc(-c2cc(-c3ccccc3)nc(-c3ccc4ccc5c(-c6ccccc6OC)ccc6ccc3c4c65)n2)c(O)c1. The van der Waals surface area contributed by atoms with E-state index in [2.05, 4.69) is 79.7 Å². The minimum absolute atomic E-state index is 0.133. The van der Waals surface area contributed by atoms with Gasteiger partial charge in [-0.15, -0.1) is 0 Å². The molecule has 5 heteroatoms. The monoisotopic (exact) mass is 738 g/mol. The molecule has 0 saturated heterocycles. The molecule has 0 aliphatic heterocycles. The van der Waals surface area contributed by atoms with E-state index < -0.39 is 0 Å². The van der Waals surface area contributed by atoms with Gasteiger partial charge in [0.05, 0.1) is 25.1 Å². The molecule has 0 fully saturated rings. The topological polar surface area (TPSA) is 64.5 Å². The molecule has 1 N–H and O–H groups in total. The van der Waals surface area contributed by atoms with Crippen molar-refractivity contribution in [3.63, 3.8) is 0 Å². The standard InChI is InChI=1S/C51H50N2O3/c1-3-4-5-6-7-8-9-10-11-17-32-56-38-26-31-44(47(54)33-38)46-34-45(35-18-13-12-14-19-35)52-51(53-46)43-30-25-37-23-28-41-39(40-20-15-16-21-48(40)55-2)27-22-36-24-29-42(43)50(37)49(36)41/h12-16,18-31,33-34,54H,3-11,17,32H2,1-2H3. The third-order valence-electron chi connectivity index (χ3n) is 11.1. The Balaban J connectivity index is 1.11. The average Bonchev–Trinajstić information content (AvgIpc) is 3.24. The first-order valence-corrected chi connectivity index (χ1v) is 20.4. The Labute approximate surface area is 330 Å². The Morgan fingerprint density at radius 3 is 1.80 bits per heavy atom. The Morgan fingerprint density at radius 2 is 1.11 bits per heavy atom. The molecule has 56 heavy (non-hydrogen) atoms. The van der Waals surface area contributed by atoms with Crippen LogP contribution in [0.2, 0.25) is 0 Å². The first-order chi connectivity index (χ1) is 27.6. The normalized spacial score (nSPS) is 11.5. The summed E-state index contributed by atoms with van der Waals surface area (Å²) in [6.07, 6.45) is 12.8. The van der Waals surface area contributed by atoms with Gasteiger partial charge >= 0.3 is 0 Å². The number of rotatable bonds is 17. The highest BCUT2D eigenvalue weighted by Gasteiger charge is 2.19. The summed E-state index contributed by atoms with van der Waals surface area (Å²) < 4.78 is 11.9. The Morgan fingerprint density at radius 1 is 0.518 bits per heavy atom. The summed E-state index contributed by atoms with van der Waals surface area (Å²) in [4.78, 5) is 10.3. The van der Waals surface area contributed by atoms with Crippen molar-refractivity contribution in [2.45, 2.75) is 71.1 Å². The zero-order valence-corrected chi connectivity index (χ0v) is 32.6. The van der Waals surface area contributed by atoms with E-state index in [1.165, 1.54) is 72.9 Å². The van der Waals surface area contributed by atoms with Crippen LogP contribution < -0.4 is 9.47 Å². The number of para-hydroxylation sites is 1. The molecule has 1 aromatic heterocycles. The third kappa shape index (κ3) is 7.77. The molecule has 0 atom stereocenters. The molecule has 0 saturated carbocycles. The lowest BCUT2D eigenvalue weighted by Gasteiger charge is -2.17. The fourth-order valence-electron chi connectivity index (χ4n) is 8.16. The number of hydrogen-bond donors (Lipinski definition) is 1. The number of aromatic hydroxyl groups is 1. The lowest BCUT2D eigenvalue weighted by Crippen LogP contribution is -1.99. The number of ether oxygens (including phenoxy) is 2. The van der Waals surface area contributed by atoms with Crippen molar-refractivity contribution in [2.24, 2.45) is 0 Å². The Kier molecular flexibility index (Phi) is 11.4. The Bertz CT molecular complexity index is 2560. The van der Waals surface area contributed by atoms with Gasteiger partial charge in [-0.2, -0.15) is 0 Å². The molecule has 0 unspecified atom stereocenters. The molecule has 0 aliphatic rings. The smallest absolute Gasteiger partial charge is 0.161 e. The predicted molar refractivity (Wildman–Crippen MR) is 233 cm³/mol. The number of unbranched alkanes of at least 4 members (excludes halogenated alkanes) is 9. The molecule has 282 valence electrons. The molecular weight excluding hydrogens is 689 g/mol. The maximum atomic E-state index is 11.4. The van der Waals surface area contributed by atoms with Crippen LogP contribution in [-0.4, -0.2) is 28.8 Å². The van der Waals surface area contributed by atoms with Crippen LogP contribution in [0.1, 0.15) is 71.1 Å². The number of nitrogens with zero attached hydrogens (tertiary/aromatic N) is 2. The van der Waals surface area contributed by atoms with Gasteiger partial charge in [0.15, 0.2) is 5.82 Å². The molecule has 0 bridgehead atoms. The third-order valence-corrected chi connectivity index (χ3v) is 11.1. The number of phenolic OH excluding ortho intramolecular Hbond substituents is 1. The van der Waals surface area contributed by atoms with E-state index in [0.717, 1.165) is 57.3 Å². The van der Waals surface area contributed by atoms with Gasteiger partial charge in [0.25, 0.3) is 0 Å². The molecule has 1 heterocycles. The predicted octanol–water partition coefficient (Wildman–Crippen LogP) is 14.1. The number of hydrogen-bond acceptors (Lipinski definition) is 5. The van der Waals surface area contributed by atoms with Crippen molar-refractivity contribution < 1.29 is 14.6 Å². The first kappa shape index (κ1) is 37.0. The highest BCUT2D eigenvalue weighted by molar-refractivity contribution is 6.27. The van der Waals surface area contributed by atoms with Gasteiger partial charge in [-0.3, -0.25) is 0 Å². The minimum Gasteiger partial charge on any atom is -0.507 e. The molecule has 0 aliphatic carbocycles. The molecule has 0 amide bonds. The van der Waals surface area contributed by atoms with E-state index in [1.54, 1.807) is 13.2 Å². The fourth-order valence-corrected chi connectivity index (χ4v) is 8.16. The summed E-state index contributed by atoms with van der Waals surface area (Å²) in [5.41, 5.74) is 6.18. The van der Waals surface area contributed by atoms with E-state index in [1.807, 2.05) is 48.5 Å². The van der Waals surface area contributed by atoms with Gasteiger partial charge in [0, 0.05) is 28.3 Å². The lowest BCUT2D eigenvalue weighted by molar-refractivity contribution is 0.302. The fraction of sp³-hybridized carbons (Fsp3) is 0.255. The maximum absolute atomic E-state index is 11.4. The average molecular weight is 739 g/mol. The van der Waals surface area contributed by atoms with Gasteiger partial charge in [-0.1, -0.05) is 156 Å². The highest BCUT2D eigenvalue weighted by Crippen LogP contribution is 2.44. The van der Waals surface area contributed by atoms with E-state index in [-0.39, 0.29) is 5.75 Å². The molecule has 5 nitrogen and oxygen atoms in total. The second kappa shape index (κ2) is 17.2. The summed E-state index contributed by atoms with van der Waals surface area (Å²) in [6, 6.07) is 43.4. The van der Waals surface area contributed by atoms with Gasteiger partial charge in [0.1, 0.15) is 17.2 Å². The molecule has 8 aromatic rings. The summed E-state index contributed by atoms with van der Waals surface area (Å²) in [5.74, 6) is 2.25. The van der Waals surface area contributed by atoms with Crippen molar-refractivity contribution in [1.29, 1.82) is 0 Å². The van der Waals surface area contributed by atoms with Gasteiger partial charge in [-0.25, -0.2) is 9.97 Å². The summed E-state index contributed by atoms with van der Waals surface area (Å²) >= 11 is 0. The van der Waals surface area contributed by atoms with Crippen molar-refractivity contribution in [3.05, 3.63) is 127 Å². The molecule has 0 radical (unpaired) electrons. The molecule has 7 aromatic carbocycles. The number of benzene rings is 7. The van der Waals surface area contributed by atoms with Crippen molar-refractivity contribution in [2.75, 3.05) is 13.7 Å². The highest BCUT2D eigenvalue weighted by atomic mass is 16.5. The van der Waals surface area contributed by atoms with Crippen LogP contribution >= 0.6 is 0 Å². The Hall–Kier alpha value is -5.94. The van der Waals surface area contributed by atoms with E-state index in [9.17, 15) is 5.11 Å². The number of aromatic nitrogens is 2. The number of phenols is 1. The van der Waals surface area contributed by atoms with Gasteiger partial charge < -0.3 is 14.6 Å². The quantitative estimate of drug-likeness (QED) is 0.0744. The molecule has 8 rings (SSSR count). The van der Waals surface area contributed by atoms with Crippen molar-refractivity contribution in [1.82, 2.24) is 9.97 Å². The largest absolute Gasteiger partial charge is 0.507 e. The molecular formula is C51H50N2O3. The summed E-state index contributed by atoms with van der Waals surface area (Å²) in [6.45, 7) is 2.91. The van der Waals surface area contributed by atoms with Crippen LogP contribution in [0, 0.1) is 0 Å². The summed E-state index contributed by atoms with van der Waals surface area (Å²) in [7, 11) is 1.72. The van der Waals surface area contributed by atoms with Crippen molar-refractivity contribution >= 4 is 32.3 Å². The van der Waals surface area contributed by atoms with Crippen LogP contribution in [0.15, 0.2) is 127 Å². The van der Waals surface area contributed by atoms with E-state index in [0.29, 0.717) is 29.4 Å². The zero-order chi connectivity index (χ0) is 38.3. The second-order valence-corrected chi connectivity index (χ2v) is 14.9. The van der Waals surface area contributed by atoms with E-state index in [4.69, 9.17) is 19.4 Å².